The van der Waals surface area contributed by atoms with Crippen molar-refractivity contribution in [2.24, 2.45) is 0 Å². The summed E-state index contributed by atoms with van der Waals surface area (Å²) in [7, 11) is -4.43. The smallest absolute Gasteiger partial charge is 0.350 e. The van der Waals surface area contributed by atoms with Crippen molar-refractivity contribution in [3.05, 3.63) is 0 Å². The van der Waals surface area contributed by atoms with Crippen molar-refractivity contribution < 1.29 is 26.6 Å². The fraction of sp³-hybridized carbons (Fsp3) is 1.00. The molecule has 1 aliphatic heterocycles. The van der Waals surface area contributed by atoms with Crippen LogP contribution in [0.15, 0.2) is 0 Å². The molecular weight excluding hydrogens is 260 g/mol. The molecule has 1 fully saturated rings. The lowest BCUT2D eigenvalue weighted by atomic mass is 10.1. The Balaban J connectivity index is 2.08. The molecule has 1 N–H and O–H groups in total. The highest BCUT2D eigenvalue weighted by atomic mass is 32.3. The predicted octanol–water partition coefficient (Wildman–Crippen LogP) is 1.91. The number of hydrogen-bond acceptors (Lipinski definition) is 5. The number of unbranched alkanes of at least 4 members (excludes halogenated alkanes) is 4. The second kappa shape index (κ2) is 8.06. The molecule has 1 rings (SSSR count). The van der Waals surface area contributed by atoms with E-state index in [2.05, 4.69) is 11.1 Å². The van der Waals surface area contributed by atoms with Crippen LogP contribution in [-0.2, 0) is 24.1 Å². The van der Waals surface area contributed by atoms with Gasteiger partial charge < -0.3 is 9.47 Å². The maximum atomic E-state index is 10.5. The topological polar surface area (TPSA) is 82.1 Å². The lowest BCUT2D eigenvalue weighted by Crippen LogP contribution is -2.38. The molecule has 7 heteroatoms. The van der Waals surface area contributed by atoms with E-state index in [0.717, 1.165) is 19.3 Å². The summed E-state index contributed by atoms with van der Waals surface area (Å²) in [4.78, 5) is 0. The SMILES string of the molecule is CCCCCCCC1OCC(OS(=O)(=O)O)CO1. The van der Waals surface area contributed by atoms with Crippen LogP contribution in [-0.4, -0.2) is 38.6 Å². The first-order valence-corrected chi connectivity index (χ1v) is 7.76. The maximum Gasteiger partial charge on any atom is 0.397 e. The molecule has 0 spiro atoms. The average molecular weight is 282 g/mol. The summed E-state index contributed by atoms with van der Waals surface area (Å²) in [6, 6.07) is 0. The minimum absolute atomic E-state index is 0.124. The van der Waals surface area contributed by atoms with Gasteiger partial charge in [0.25, 0.3) is 0 Å². The van der Waals surface area contributed by atoms with Crippen molar-refractivity contribution in [2.45, 2.75) is 57.8 Å². The molecule has 0 aromatic carbocycles. The van der Waals surface area contributed by atoms with Crippen LogP contribution < -0.4 is 0 Å². The Morgan fingerprint density at radius 2 is 1.78 bits per heavy atom. The lowest BCUT2D eigenvalue weighted by molar-refractivity contribution is -0.213. The van der Waals surface area contributed by atoms with Crippen molar-refractivity contribution in [1.82, 2.24) is 0 Å². The first-order chi connectivity index (χ1) is 8.51. The van der Waals surface area contributed by atoms with Gasteiger partial charge in [-0.05, 0) is 12.8 Å². The zero-order valence-corrected chi connectivity index (χ0v) is 11.5. The van der Waals surface area contributed by atoms with Crippen LogP contribution in [0.25, 0.3) is 0 Å². The molecule has 18 heavy (non-hydrogen) atoms. The van der Waals surface area contributed by atoms with Crippen LogP contribution in [0.5, 0.6) is 0 Å². The monoisotopic (exact) mass is 282 g/mol. The third-order valence-electron chi connectivity index (χ3n) is 2.74. The van der Waals surface area contributed by atoms with E-state index in [9.17, 15) is 8.42 Å². The van der Waals surface area contributed by atoms with Gasteiger partial charge in [0.1, 0.15) is 6.10 Å². The third-order valence-corrected chi connectivity index (χ3v) is 3.25. The van der Waals surface area contributed by atoms with Gasteiger partial charge in [-0.25, -0.2) is 4.18 Å². The quantitative estimate of drug-likeness (QED) is 0.541. The van der Waals surface area contributed by atoms with Gasteiger partial charge in [0.2, 0.25) is 0 Å². The van der Waals surface area contributed by atoms with E-state index < -0.39 is 16.5 Å². The Labute approximate surface area is 109 Å². The first-order valence-electron chi connectivity index (χ1n) is 6.40. The molecule has 1 saturated heterocycles. The van der Waals surface area contributed by atoms with Gasteiger partial charge in [-0.2, -0.15) is 8.42 Å². The van der Waals surface area contributed by atoms with Gasteiger partial charge in [0.05, 0.1) is 13.2 Å². The van der Waals surface area contributed by atoms with E-state index in [1.54, 1.807) is 0 Å². The van der Waals surface area contributed by atoms with E-state index in [1.807, 2.05) is 0 Å². The average Bonchev–Trinajstić information content (AvgIpc) is 2.29. The van der Waals surface area contributed by atoms with Crippen LogP contribution in [0.1, 0.15) is 45.4 Å². The van der Waals surface area contributed by atoms with Crippen LogP contribution in [0.2, 0.25) is 0 Å². The van der Waals surface area contributed by atoms with E-state index >= 15 is 0 Å². The Bertz CT molecular complexity index is 307. The van der Waals surface area contributed by atoms with Crippen LogP contribution >= 0.6 is 0 Å². The summed E-state index contributed by atoms with van der Waals surface area (Å²) in [5, 5.41) is 0. The zero-order chi connectivity index (χ0) is 13.4. The highest BCUT2D eigenvalue weighted by Crippen LogP contribution is 2.16. The van der Waals surface area contributed by atoms with Crippen LogP contribution in [0.4, 0.5) is 0 Å². The Hall–Kier alpha value is -0.210. The predicted molar refractivity (Wildman–Crippen MR) is 65.5 cm³/mol. The summed E-state index contributed by atoms with van der Waals surface area (Å²) in [5.74, 6) is 0. The molecule has 1 heterocycles. The van der Waals surface area contributed by atoms with Gasteiger partial charge in [-0.15, -0.1) is 0 Å². The fourth-order valence-electron chi connectivity index (χ4n) is 1.83. The Morgan fingerprint density at radius 3 is 2.33 bits per heavy atom. The van der Waals surface area contributed by atoms with E-state index in [-0.39, 0.29) is 19.5 Å². The van der Waals surface area contributed by atoms with Crippen molar-refractivity contribution in [3.63, 3.8) is 0 Å². The summed E-state index contributed by atoms with van der Waals surface area (Å²) in [5.41, 5.74) is 0. The second-order valence-electron chi connectivity index (χ2n) is 4.45. The van der Waals surface area contributed by atoms with Crippen molar-refractivity contribution in [1.29, 1.82) is 0 Å². The van der Waals surface area contributed by atoms with E-state index in [0.29, 0.717) is 0 Å². The highest BCUT2D eigenvalue weighted by molar-refractivity contribution is 7.80. The summed E-state index contributed by atoms with van der Waals surface area (Å²) >= 11 is 0. The molecule has 0 aliphatic carbocycles. The normalized spacial score (nSPS) is 25.2. The molecule has 0 aromatic heterocycles. The minimum atomic E-state index is -4.43. The Kier molecular flexibility index (Phi) is 7.10. The molecule has 0 atom stereocenters. The van der Waals surface area contributed by atoms with Crippen molar-refractivity contribution in [2.75, 3.05) is 13.2 Å². The molecule has 0 radical (unpaired) electrons. The van der Waals surface area contributed by atoms with Gasteiger partial charge in [0.15, 0.2) is 6.29 Å². The summed E-state index contributed by atoms with van der Waals surface area (Å²) in [6.07, 6.45) is 5.64. The van der Waals surface area contributed by atoms with Crippen molar-refractivity contribution in [3.8, 4) is 0 Å². The standard InChI is InChI=1S/C11H22O6S/c1-2-3-4-5-6-7-11-15-8-10(9-16-11)17-18(12,13)14/h10-11H,2-9H2,1H3,(H,12,13,14). The molecule has 0 amide bonds. The maximum absolute atomic E-state index is 10.5. The summed E-state index contributed by atoms with van der Waals surface area (Å²) in [6.45, 7) is 2.42. The largest absolute Gasteiger partial charge is 0.397 e. The zero-order valence-electron chi connectivity index (χ0n) is 10.7. The Morgan fingerprint density at radius 1 is 1.17 bits per heavy atom. The third kappa shape index (κ3) is 7.27. The second-order valence-corrected chi connectivity index (χ2v) is 5.49. The lowest BCUT2D eigenvalue weighted by Gasteiger charge is -2.28. The molecule has 0 aromatic rings. The summed E-state index contributed by atoms with van der Waals surface area (Å²) < 4.78 is 44.5. The van der Waals surface area contributed by atoms with Crippen molar-refractivity contribution >= 4 is 10.4 Å². The van der Waals surface area contributed by atoms with E-state index in [4.69, 9.17) is 14.0 Å². The number of rotatable bonds is 8. The van der Waals surface area contributed by atoms with Gasteiger partial charge >= 0.3 is 10.4 Å². The first kappa shape index (κ1) is 15.8. The number of hydrogen-bond donors (Lipinski definition) is 1. The van der Waals surface area contributed by atoms with Gasteiger partial charge in [0, 0.05) is 0 Å². The molecule has 0 saturated carbocycles. The molecule has 0 bridgehead atoms. The molecular formula is C11H22O6S. The number of ether oxygens (including phenoxy) is 2. The molecule has 6 nitrogen and oxygen atoms in total. The highest BCUT2D eigenvalue weighted by Gasteiger charge is 2.25. The minimum Gasteiger partial charge on any atom is -0.350 e. The van der Waals surface area contributed by atoms with Crippen LogP contribution in [0.3, 0.4) is 0 Å². The molecule has 1 aliphatic rings. The van der Waals surface area contributed by atoms with Gasteiger partial charge in [-0.3, -0.25) is 4.55 Å². The molecule has 0 unspecified atom stereocenters. The fourth-order valence-corrected chi connectivity index (χ4v) is 2.29. The van der Waals surface area contributed by atoms with Gasteiger partial charge in [-0.1, -0.05) is 32.6 Å². The molecule has 108 valence electrons. The van der Waals surface area contributed by atoms with E-state index in [1.165, 1.54) is 19.3 Å². The van der Waals surface area contributed by atoms with Crippen LogP contribution in [0, 0.1) is 0 Å².